The molecule has 2 aliphatic heterocycles. The van der Waals surface area contributed by atoms with Crippen molar-refractivity contribution in [1.29, 1.82) is 0 Å². The fourth-order valence-corrected chi connectivity index (χ4v) is 9.52. The molecule has 1 saturated heterocycles. The number of nitrogens with zero attached hydrogens (tertiary/aromatic N) is 2. The van der Waals surface area contributed by atoms with E-state index in [1.165, 1.54) is 24.3 Å². The number of aromatic amines is 1. The molecule has 4 aromatic rings. The molecule has 2 fully saturated rings. The lowest BCUT2D eigenvalue weighted by atomic mass is 9.81. The number of hydrogen-bond acceptors (Lipinski definition) is 10. The van der Waals surface area contributed by atoms with Crippen molar-refractivity contribution in [2.45, 2.75) is 57.0 Å². The van der Waals surface area contributed by atoms with Crippen molar-refractivity contribution in [1.82, 2.24) is 36.1 Å². The van der Waals surface area contributed by atoms with Crippen molar-refractivity contribution < 1.29 is 43.2 Å². The van der Waals surface area contributed by atoms with E-state index in [-0.39, 0.29) is 68.5 Å². The first kappa shape index (κ1) is 48.3. The molecule has 4 aliphatic rings. The number of amides is 9. The van der Waals surface area contributed by atoms with Crippen LogP contribution >= 0.6 is 0 Å². The quantitative estimate of drug-likeness (QED) is 0.0364. The van der Waals surface area contributed by atoms with Gasteiger partial charge in [-0.15, -0.1) is 0 Å². The average Bonchev–Trinajstić information content (AvgIpc) is 3.68. The molecule has 19 nitrogen and oxygen atoms in total. The molecule has 3 heterocycles. The van der Waals surface area contributed by atoms with Gasteiger partial charge in [-0.3, -0.25) is 43.3 Å². The van der Waals surface area contributed by atoms with E-state index in [2.05, 4.69) is 43.5 Å². The summed E-state index contributed by atoms with van der Waals surface area (Å²) in [5.74, 6) is -3.12. The van der Waals surface area contributed by atoms with Crippen molar-refractivity contribution >= 4 is 75.4 Å². The number of nitrogens with two attached hydrogens (primary N) is 1. The Morgan fingerprint density at radius 1 is 0.843 bits per heavy atom. The number of urea groups is 1. The number of rotatable bonds is 20. The third kappa shape index (κ3) is 9.86. The Morgan fingerprint density at radius 3 is 2.30 bits per heavy atom. The maximum atomic E-state index is 14.0. The SMILES string of the molecule is C=C1[C@@H]2CN(C(=O)c3cc4cc(NC(=O)c5ccc(NC(=O)[C@H](CCCNC(N)=O)NC(=O)[C@@H](NCCNC(=O)CCCN6C(=O)C=CC6=O)C(C)C)cc5)ccc4[nH]3)C3=CC(=O)c4ccccc4C132. The second-order valence-corrected chi connectivity index (χ2v) is 18.0. The molecule has 362 valence electrons. The largest absolute Gasteiger partial charge is 0.355 e. The van der Waals surface area contributed by atoms with E-state index in [4.69, 9.17) is 5.73 Å². The Balaban J connectivity index is 0.841. The van der Waals surface area contributed by atoms with Gasteiger partial charge in [0, 0.05) is 102 Å². The maximum absolute atomic E-state index is 14.0. The van der Waals surface area contributed by atoms with Crippen LogP contribution in [-0.2, 0) is 29.4 Å². The molecular formula is C51H54N10O9. The summed E-state index contributed by atoms with van der Waals surface area (Å²) < 4.78 is 0. The average molecular weight is 951 g/mol. The molecule has 19 heteroatoms. The molecule has 1 saturated carbocycles. The van der Waals surface area contributed by atoms with Crippen LogP contribution in [0.1, 0.15) is 76.3 Å². The number of H-pyrrole nitrogens is 1. The summed E-state index contributed by atoms with van der Waals surface area (Å²) >= 11 is 0. The number of piperidine rings is 1. The molecule has 0 bridgehead atoms. The predicted octanol–water partition coefficient (Wildman–Crippen LogP) is 3.39. The van der Waals surface area contributed by atoms with Crippen LogP contribution in [0, 0.1) is 11.8 Å². The van der Waals surface area contributed by atoms with Crippen LogP contribution in [0.2, 0.25) is 0 Å². The highest BCUT2D eigenvalue weighted by Crippen LogP contribution is 2.70. The number of ketones is 1. The van der Waals surface area contributed by atoms with Crippen molar-refractivity contribution in [3.8, 4) is 0 Å². The van der Waals surface area contributed by atoms with Gasteiger partial charge in [0.25, 0.3) is 23.6 Å². The third-order valence-electron chi connectivity index (χ3n) is 13.1. The van der Waals surface area contributed by atoms with Crippen LogP contribution in [0.25, 0.3) is 10.9 Å². The molecule has 0 radical (unpaired) electrons. The molecule has 4 atom stereocenters. The summed E-state index contributed by atoms with van der Waals surface area (Å²) in [6.07, 6.45) is 4.79. The van der Waals surface area contributed by atoms with E-state index in [1.807, 2.05) is 38.1 Å². The second kappa shape index (κ2) is 20.2. The van der Waals surface area contributed by atoms with Gasteiger partial charge < -0.3 is 47.5 Å². The normalized spacial score (nSPS) is 18.4. The van der Waals surface area contributed by atoms with E-state index >= 15 is 0 Å². The number of benzene rings is 3. The summed E-state index contributed by atoms with van der Waals surface area (Å²) in [6.45, 7) is 9.08. The first-order valence-electron chi connectivity index (χ1n) is 23.2. The van der Waals surface area contributed by atoms with Crippen molar-refractivity contribution in [3.63, 3.8) is 0 Å². The lowest BCUT2D eigenvalue weighted by Gasteiger charge is -2.29. The monoisotopic (exact) mass is 950 g/mol. The zero-order chi connectivity index (χ0) is 49.9. The van der Waals surface area contributed by atoms with Crippen molar-refractivity contribution in [2.75, 3.05) is 43.4 Å². The molecule has 1 unspecified atom stereocenters. The van der Waals surface area contributed by atoms with Crippen LogP contribution in [0.4, 0.5) is 16.2 Å². The van der Waals surface area contributed by atoms with Crippen molar-refractivity contribution in [2.24, 2.45) is 17.6 Å². The minimum absolute atomic E-state index is 0.0293. The van der Waals surface area contributed by atoms with Gasteiger partial charge in [0.1, 0.15) is 11.7 Å². The fourth-order valence-electron chi connectivity index (χ4n) is 9.52. The van der Waals surface area contributed by atoms with Crippen molar-refractivity contribution in [3.05, 3.63) is 131 Å². The molecule has 1 spiro atoms. The van der Waals surface area contributed by atoms with Crippen LogP contribution in [0.3, 0.4) is 0 Å². The zero-order valence-corrected chi connectivity index (χ0v) is 38.7. The Bertz CT molecular complexity index is 2880. The number of fused-ring (bicyclic) bond motifs is 2. The Hall–Kier alpha value is -8.19. The number of aromatic nitrogens is 1. The zero-order valence-electron chi connectivity index (χ0n) is 38.7. The number of anilines is 2. The highest BCUT2D eigenvalue weighted by molar-refractivity contribution is 6.13. The number of nitrogens with one attached hydrogen (secondary N) is 7. The van der Waals surface area contributed by atoms with Crippen LogP contribution in [0.15, 0.2) is 109 Å². The number of hydrogen-bond donors (Lipinski definition) is 8. The topological polar surface area (TPSA) is 274 Å². The lowest BCUT2D eigenvalue weighted by Crippen LogP contribution is -2.54. The van der Waals surface area contributed by atoms with Crippen LogP contribution in [0.5, 0.6) is 0 Å². The number of carbonyl (C=O) groups excluding carboxylic acids is 9. The highest BCUT2D eigenvalue weighted by atomic mass is 16.2. The van der Waals surface area contributed by atoms with Gasteiger partial charge in [-0.05, 0) is 79.3 Å². The number of carbonyl (C=O) groups is 9. The van der Waals surface area contributed by atoms with E-state index in [1.54, 1.807) is 47.4 Å². The van der Waals surface area contributed by atoms with Crippen LogP contribution in [-0.4, -0.2) is 113 Å². The minimum atomic E-state index is -1.03. The molecule has 3 aromatic carbocycles. The van der Waals surface area contributed by atoms with Gasteiger partial charge in [-0.2, -0.15) is 0 Å². The Morgan fingerprint density at radius 2 is 1.57 bits per heavy atom. The van der Waals surface area contributed by atoms with Gasteiger partial charge in [-0.25, -0.2) is 4.79 Å². The summed E-state index contributed by atoms with van der Waals surface area (Å²) in [5, 5.41) is 17.5. The van der Waals surface area contributed by atoms with Crippen LogP contribution < -0.4 is 37.6 Å². The number of imide groups is 1. The van der Waals surface area contributed by atoms with E-state index in [0.717, 1.165) is 16.0 Å². The smallest absolute Gasteiger partial charge is 0.312 e. The molecule has 8 rings (SSSR count). The molecule has 1 aromatic heterocycles. The summed E-state index contributed by atoms with van der Waals surface area (Å²) in [7, 11) is 0. The van der Waals surface area contributed by atoms with E-state index in [9.17, 15) is 43.2 Å². The second-order valence-electron chi connectivity index (χ2n) is 18.0. The molecule has 2 aliphatic carbocycles. The van der Waals surface area contributed by atoms with E-state index < -0.39 is 53.1 Å². The predicted molar refractivity (Wildman–Crippen MR) is 259 cm³/mol. The van der Waals surface area contributed by atoms with Gasteiger partial charge in [-0.1, -0.05) is 50.3 Å². The summed E-state index contributed by atoms with van der Waals surface area (Å²) in [6, 6.07) is 18.1. The number of likely N-dealkylation sites (tertiary alicyclic amines) is 1. The fraction of sp³-hybridized carbons (Fsp3) is 0.314. The minimum Gasteiger partial charge on any atom is -0.355 e. The maximum Gasteiger partial charge on any atom is 0.312 e. The standard InChI is InChI=1S/C51H54N10O9/c1-28(2)45(54-22-21-53-42(63)11-7-23-60-43(64)18-19-44(60)65)48(68)59-38(10-6-20-55-50(52)70)47(67)56-32-14-12-30(13-15-32)46(66)57-33-16-17-37-31(24-33)25-39(58-37)49(69)61-27-36-29(3)51(36)35-9-5-4-8-34(35)40(62)26-41(51)61/h4-5,8-9,12-19,24-26,28,36,38,45,54,58H,3,6-7,10-11,20-23,27H2,1-2H3,(H,53,63)(H,56,67)(H,57,66)(H,59,68)(H3,52,55,70)/t36-,38-,45-,51?/m0/s1. The van der Waals surface area contributed by atoms with Gasteiger partial charge in [0.2, 0.25) is 17.7 Å². The first-order valence-corrected chi connectivity index (χ1v) is 23.2. The van der Waals surface area contributed by atoms with Gasteiger partial charge >= 0.3 is 6.03 Å². The molecule has 70 heavy (non-hydrogen) atoms. The highest BCUT2D eigenvalue weighted by Gasteiger charge is 2.70. The first-order chi connectivity index (χ1) is 33.6. The van der Waals surface area contributed by atoms with Gasteiger partial charge in [0.15, 0.2) is 5.78 Å². The summed E-state index contributed by atoms with van der Waals surface area (Å²) in [5.41, 5.74) is 10.0. The van der Waals surface area contributed by atoms with Gasteiger partial charge in [0.05, 0.1) is 11.5 Å². The van der Waals surface area contributed by atoms with E-state index in [0.29, 0.717) is 64.2 Å². The lowest BCUT2D eigenvalue weighted by molar-refractivity contribution is -0.137. The molecule has 9 amide bonds. The summed E-state index contributed by atoms with van der Waals surface area (Å²) in [4.78, 5) is 121. The Labute approximate surface area is 402 Å². The molecular weight excluding hydrogens is 897 g/mol. The molecule has 9 N–H and O–H groups in total. The third-order valence-corrected chi connectivity index (χ3v) is 13.1. The number of allylic oxidation sites excluding steroid dienone is 2. The number of primary amides is 1. The Kier molecular flexibility index (Phi) is 13.9.